The van der Waals surface area contributed by atoms with Crippen molar-refractivity contribution in [2.75, 3.05) is 6.61 Å². The summed E-state index contributed by atoms with van der Waals surface area (Å²) in [5.74, 6) is -9.91. The largest absolute Gasteiger partial charge is 0.573 e. The van der Waals surface area contributed by atoms with Crippen molar-refractivity contribution >= 4 is 0 Å². The molecule has 0 heterocycles. The Kier molecular flexibility index (Phi) is 11.2. The molecule has 0 radical (unpaired) electrons. The number of hydrogen-bond donors (Lipinski definition) is 0. The summed E-state index contributed by atoms with van der Waals surface area (Å²) in [6.45, 7) is 2.94. The Morgan fingerprint density at radius 3 is 1.73 bits per heavy atom. The third-order valence-corrected chi connectivity index (χ3v) is 8.26. The molecule has 0 atom stereocenters. The first kappa shape index (κ1) is 34.0. The van der Waals surface area contributed by atoms with Gasteiger partial charge >= 0.3 is 12.5 Å². The smallest absolute Gasteiger partial charge is 0.429 e. The van der Waals surface area contributed by atoms with Gasteiger partial charge in [0, 0.05) is 18.7 Å². The molecule has 2 aliphatic carbocycles. The van der Waals surface area contributed by atoms with Gasteiger partial charge in [-0.15, -0.1) is 13.2 Å². The van der Waals surface area contributed by atoms with E-state index in [-0.39, 0.29) is 23.6 Å². The van der Waals surface area contributed by atoms with E-state index in [1.165, 1.54) is 0 Å². The van der Waals surface area contributed by atoms with E-state index in [4.69, 9.17) is 4.74 Å². The van der Waals surface area contributed by atoms with E-state index in [9.17, 15) is 39.5 Å². The first-order chi connectivity index (χ1) is 20.8. The van der Waals surface area contributed by atoms with E-state index >= 15 is 0 Å². The lowest BCUT2D eigenvalue weighted by molar-refractivity contribution is -0.276. The molecule has 2 aliphatic rings. The molecule has 244 valence electrons. The number of allylic oxidation sites excluding steroid dienone is 2. The van der Waals surface area contributed by atoms with Crippen molar-refractivity contribution < 1.29 is 53.7 Å². The average Bonchev–Trinajstić information content (AvgIpc) is 2.94. The second-order valence-corrected chi connectivity index (χ2v) is 11.5. The molecule has 4 rings (SSSR count). The third-order valence-electron chi connectivity index (χ3n) is 8.26. The molecule has 0 aliphatic heterocycles. The lowest BCUT2D eigenvalue weighted by Gasteiger charge is -2.29. The van der Waals surface area contributed by atoms with Crippen molar-refractivity contribution in [2.24, 2.45) is 11.8 Å². The molecule has 3 nitrogen and oxygen atoms in total. The zero-order valence-corrected chi connectivity index (χ0v) is 24.2. The van der Waals surface area contributed by atoms with Gasteiger partial charge in [-0.2, -0.15) is 8.78 Å². The molecule has 0 amide bonds. The highest BCUT2D eigenvalue weighted by molar-refractivity contribution is 5.37. The fraction of sp³-hybridized carbons (Fsp3) is 0.562. The van der Waals surface area contributed by atoms with Crippen LogP contribution in [0.25, 0.3) is 0 Å². The van der Waals surface area contributed by atoms with Gasteiger partial charge in [-0.1, -0.05) is 25.5 Å². The Balaban J connectivity index is 1.34. The molecule has 2 saturated carbocycles. The lowest BCUT2D eigenvalue weighted by atomic mass is 9.77. The molecule has 0 saturated heterocycles. The molecule has 12 heteroatoms. The molecule has 2 aromatic carbocycles. The molecular weight excluding hydrogens is 603 g/mol. The van der Waals surface area contributed by atoms with Gasteiger partial charge in [0.15, 0.2) is 11.6 Å². The summed E-state index contributed by atoms with van der Waals surface area (Å²) in [6, 6.07) is 1.56. The van der Waals surface area contributed by atoms with Crippen LogP contribution in [0.2, 0.25) is 0 Å². The summed E-state index contributed by atoms with van der Waals surface area (Å²) >= 11 is 0. The summed E-state index contributed by atoms with van der Waals surface area (Å²) < 4.78 is 137. The third kappa shape index (κ3) is 9.08. The highest BCUT2D eigenvalue weighted by Crippen LogP contribution is 2.42. The minimum absolute atomic E-state index is 0.0107. The number of hydrogen-bond acceptors (Lipinski definition) is 3. The Morgan fingerprint density at radius 1 is 0.705 bits per heavy atom. The predicted molar refractivity (Wildman–Crippen MR) is 144 cm³/mol. The number of unbranched alkanes of at least 4 members (excludes halogenated alkanes) is 1. The van der Waals surface area contributed by atoms with Gasteiger partial charge in [-0.05, 0) is 93.2 Å². The van der Waals surface area contributed by atoms with E-state index in [0.717, 1.165) is 70.1 Å². The molecule has 0 bridgehead atoms. The van der Waals surface area contributed by atoms with Gasteiger partial charge in [-0.25, -0.2) is 17.6 Å². The molecule has 44 heavy (non-hydrogen) atoms. The van der Waals surface area contributed by atoms with Crippen molar-refractivity contribution in [3.8, 4) is 11.5 Å². The fourth-order valence-corrected chi connectivity index (χ4v) is 5.92. The highest BCUT2D eigenvalue weighted by atomic mass is 19.4. The Morgan fingerprint density at radius 2 is 1.23 bits per heavy atom. The predicted octanol–water partition coefficient (Wildman–Crippen LogP) is 10.5. The number of halogens is 9. The molecular formula is C32H35F9O3. The van der Waals surface area contributed by atoms with Crippen LogP contribution >= 0.6 is 0 Å². The van der Waals surface area contributed by atoms with Crippen LogP contribution in [0.3, 0.4) is 0 Å². The van der Waals surface area contributed by atoms with Crippen molar-refractivity contribution in [1.82, 2.24) is 0 Å². The second-order valence-electron chi connectivity index (χ2n) is 11.5. The monoisotopic (exact) mass is 638 g/mol. The molecule has 2 fully saturated rings. The molecule has 0 unspecified atom stereocenters. The van der Waals surface area contributed by atoms with Crippen LogP contribution in [0.15, 0.2) is 36.4 Å². The number of alkyl halides is 5. The first-order valence-electron chi connectivity index (χ1n) is 14.9. The molecule has 0 aromatic heterocycles. The molecule has 2 aromatic rings. The van der Waals surface area contributed by atoms with E-state index in [0.29, 0.717) is 30.8 Å². The minimum Gasteiger partial charge on any atom is -0.429 e. The van der Waals surface area contributed by atoms with E-state index in [1.807, 2.05) is 0 Å². The van der Waals surface area contributed by atoms with Crippen molar-refractivity contribution in [3.63, 3.8) is 0 Å². The normalized spacial score (nSPS) is 23.2. The van der Waals surface area contributed by atoms with E-state index < -0.39 is 52.8 Å². The summed E-state index contributed by atoms with van der Waals surface area (Å²) in [6.07, 6.45) is 3.76. The lowest BCUT2D eigenvalue weighted by Crippen LogP contribution is -2.26. The van der Waals surface area contributed by atoms with E-state index in [1.54, 1.807) is 0 Å². The summed E-state index contributed by atoms with van der Waals surface area (Å²) in [5.41, 5.74) is -1.59. The van der Waals surface area contributed by atoms with Crippen LogP contribution in [0, 0.1) is 35.1 Å². The van der Waals surface area contributed by atoms with Crippen LogP contribution in [0.1, 0.15) is 88.2 Å². The van der Waals surface area contributed by atoms with Crippen LogP contribution < -0.4 is 9.47 Å². The second kappa shape index (κ2) is 14.5. The van der Waals surface area contributed by atoms with Crippen LogP contribution in [0.4, 0.5) is 39.5 Å². The number of benzene rings is 2. The first-order valence-corrected chi connectivity index (χ1v) is 14.9. The van der Waals surface area contributed by atoms with Crippen LogP contribution in [0.5, 0.6) is 11.5 Å². The maximum absolute atomic E-state index is 14.9. The highest BCUT2D eigenvalue weighted by Gasteiger charge is 2.42. The van der Waals surface area contributed by atoms with Gasteiger partial charge < -0.3 is 14.2 Å². The summed E-state index contributed by atoms with van der Waals surface area (Å²) in [7, 11) is 0. The Hall–Kier alpha value is -2.89. The van der Waals surface area contributed by atoms with Crippen molar-refractivity contribution in [3.05, 3.63) is 70.8 Å². The summed E-state index contributed by atoms with van der Waals surface area (Å²) in [4.78, 5) is 0. The standard InChI is InChI=1S/C32H35F9O3/c1-2-3-14-42-23-12-8-20(9-13-23)5-4-19-6-10-21(11-7-19)22-15-25(33)29(26(34)16-22)31(37,38)43-24-17-27(35)30(28(36)18-24)44-32(39,40)41/h4-5,15-21,23H,2-3,6-14H2,1H3/b5-4+. The van der Waals surface area contributed by atoms with Gasteiger partial charge in [0.05, 0.1) is 6.10 Å². The van der Waals surface area contributed by atoms with Gasteiger partial charge in [0.1, 0.15) is 22.9 Å². The maximum atomic E-state index is 14.9. The fourth-order valence-electron chi connectivity index (χ4n) is 5.92. The number of rotatable bonds is 11. The van der Waals surface area contributed by atoms with Crippen LogP contribution in [-0.2, 0) is 10.8 Å². The zero-order chi connectivity index (χ0) is 32.1. The maximum Gasteiger partial charge on any atom is 0.573 e. The minimum atomic E-state index is -5.46. The van der Waals surface area contributed by atoms with Gasteiger partial charge in [0.2, 0.25) is 5.75 Å². The van der Waals surface area contributed by atoms with Gasteiger partial charge in [-0.3, -0.25) is 0 Å². The topological polar surface area (TPSA) is 27.7 Å². The SMILES string of the molecule is CCCCOC1CCC(/C=C/C2CCC(c3cc(F)c(C(F)(F)Oc4cc(F)c(OC(F)(F)F)c(F)c4)c(F)c3)CC2)CC1. The zero-order valence-electron chi connectivity index (χ0n) is 24.2. The van der Waals surface area contributed by atoms with Crippen LogP contribution in [-0.4, -0.2) is 19.1 Å². The molecule has 0 spiro atoms. The average molecular weight is 639 g/mol. The Labute approximate surface area is 250 Å². The van der Waals surface area contributed by atoms with Gasteiger partial charge in [0.25, 0.3) is 0 Å². The van der Waals surface area contributed by atoms with Crippen molar-refractivity contribution in [1.29, 1.82) is 0 Å². The van der Waals surface area contributed by atoms with E-state index in [2.05, 4.69) is 28.5 Å². The number of ether oxygens (including phenoxy) is 3. The summed E-state index contributed by atoms with van der Waals surface area (Å²) in [5, 5.41) is 0. The molecule has 0 N–H and O–H groups in total. The van der Waals surface area contributed by atoms with Crippen molar-refractivity contribution in [2.45, 2.75) is 95.6 Å². The quantitative estimate of drug-likeness (QED) is 0.139. The Bertz CT molecular complexity index is 1230.